The van der Waals surface area contributed by atoms with Gasteiger partial charge in [0.15, 0.2) is 0 Å². The maximum Gasteiger partial charge on any atom is 0.224 e. The summed E-state index contributed by atoms with van der Waals surface area (Å²) in [7, 11) is 0. The molecule has 0 bridgehead atoms. The van der Waals surface area contributed by atoms with E-state index in [9.17, 15) is 4.79 Å². The molecule has 1 aromatic heterocycles. The first-order chi connectivity index (χ1) is 12.9. The third-order valence-corrected chi connectivity index (χ3v) is 4.40. The van der Waals surface area contributed by atoms with E-state index in [-0.39, 0.29) is 23.8 Å². The Morgan fingerprint density at radius 2 is 1.67 bits per heavy atom. The van der Waals surface area contributed by atoms with E-state index in [1.165, 1.54) is 5.56 Å². The standard InChI is InChI=1S/C22H25N3O2/c1-16-24-25-21(27-16)19(18-12-8-5-9-13-18)14-20(26)23-22(2,3)15-17-10-6-4-7-11-17/h4-13,19H,14-15H2,1-3H3,(H,23,26). The van der Waals surface area contributed by atoms with E-state index in [0.29, 0.717) is 11.8 Å². The lowest BCUT2D eigenvalue weighted by Crippen LogP contribution is -2.45. The molecule has 27 heavy (non-hydrogen) atoms. The average molecular weight is 363 g/mol. The summed E-state index contributed by atoms with van der Waals surface area (Å²) in [5, 5.41) is 11.2. The van der Waals surface area contributed by atoms with E-state index >= 15 is 0 Å². The van der Waals surface area contributed by atoms with Crippen LogP contribution in [0.1, 0.15) is 49.1 Å². The van der Waals surface area contributed by atoms with Gasteiger partial charge in [-0.15, -0.1) is 10.2 Å². The fourth-order valence-corrected chi connectivity index (χ4v) is 3.25. The summed E-state index contributed by atoms with van der Waals surface area (Å²) in [6, 6.07) is 20.0. The van der Waals surface area contributed by atoms with Crippen molar-refractivity contribution in [1.29, 1.82) is 0 Å². The van der Waals surface area contributed by atoms with E-state index in [4.69, 9.17) is 4.42 Å². The first-order valence-corrected chi connectivity index (χ1v) is 9.13. The first kappa shape index (κ1) is 18.8. The smallest absolute Gasteiger partial charge is 0.224 e. The van der Waals surface area contributed by atoms with Crippen LogP contribution >= 0.6 is 0 Å². The molecule has 0 spiro atoms. The van der Waals surface area contributed by atoms with Gasteiger partial charge in [-0.1, -0.05) is 60.7 Å². The number of nitrogens with zero attached hydrogens (tertiary/aromatic N) is 2. The van der Waals surface area contributed by atoms with Crippen molar-refractivity contribution in [2.24, 2.45) is 0 Å². The van der Waals surface area contributed by atoms with Crippen LogP contribution in [0.15, 0.2) is 65.1 Å². The quantitative estimate of drug-likeness (QED) is 0.688. The van der Waals surface area contributed by atoms with Crippen LogP contribution in [0.4, 0.5) is 0 Å². The van der Waals surface area contributed by atoms with Crippen LogP contribution in [0.2, 0.25) is 0 Å². The SMILES string of the molecule is Cc1nnc(C(CC(=O)NC(C)(C)Cc2ccccc2)c2ccccc2)o1. The molecule has 0 aliphatic carbocycles. The van der Waals surface area contributed by atoms with Crippen molar-refractivity contribution in [3.05, 3.63) is 83.6 Å². The molecule has 5 nitrogen and oxygen atoms in total. The third-order valence-electron chi connectivity index (χ3n) is 4.40. The Bertz CT molecular complexity index is 873. The number of aryl methyl sites for hydroxylation is 1. The molecule has 3 rings (SSSR count). The Balaban J connectivity index is 1.72. The molecule has 1 unspecified atom stereocenters. The fraction of sp³-hybridized carbons (Fsp3) is 0.318. The van der Waals surface area contributed by atoms with Gasteiger partial charge in [0, 0.05) is 18.9 Å². The molecule has 0 saturated carbocycles. The molecule has 0 aliphatic heterocycles. The fourth-order valence-electron chi connectivity index (χ4n) is 3.25. The van der Waals surface area contributed by atoms with E-state index < -0.39 is 0 Å². The molecular weight excluding hydrogens is 338 g/mol. The molecule has 1 amide bonds. The van der Waals surface area contributed by atoms with Gasteiger partial charge in [0.05, 0.1) is 5.92 Å². The van der Waals surface area contributed by atoms with Gasteiger partial charge in [-0.25, -0.2) is 0 Å². The lowest BCUT2D eigenvalue weighted by molar-refractivity contribution is -0.123. The molecule has 1 heterocycles. The van der Waals surface area contributed by atoms with Crippen molar-refractivity contribution in [1.82, 2.24) is 15.5 Å². The summed E-state index contributed by atoms with van der Waals surface area (Å²) >= 11 is 0. The molecule has 2 aromatic carbocycles. The van der Waals surface area contributed by atoms with Crippen LogP contribution in [0.25, 0.3) is 0 Å². The topological polar surface area (TPSA) is 68.0 Å². The summed E-state index contributed by atoms with van der Waals surface area (Å²) in [4.78, 5) is 12.8. The monoisotopic (exact) mass is 363 g/mol. The number of hydrogen-bond acceptors (Lipinski definition) is 4. The summed E-state index contributed by atoms with van der Waals surface area (Å²) in [6.07, 6.45) is 1.01. The molecule has 0 radical (unpaired) electrons. The van der Waals surface area contributed by atoms with Crippen LogP contribution in [-0.4, -0.2) is 21.6 Å². The second-order valence-electron chi connectivity index (χ2n) is 7.42. The maximum atomic E-state index is 12.8. The minimum Gasteiger partial charge on any atom is -0.425 e. The minimum atomic E-state index is -0.357. The number of carbonyl (C=O) groups is 1. The average Bonchev–Trinajstić information content (AvgIpc) is 3.06. The number of hydrogen-bond donors (Lipinski definition) is 1. The van der Waals surface area contributed by atoms with E-state index in [0.717, 1.165) is 12.0 Å². The lowest BCUT2D eigenvalue weighted by atomic mass is 9.92. The highest BCUT2D eigenvalue weighted by atomic mass is 16.4. The molecule has 3 aromatic rings. The van der Waals surface area contributed by atoms with Gasteiger partial charge in [-0.05, 0) is 31.4 Å². The van der Waals surface area contributed by atoms with Crippen LogP contribution in [0.5, 0.6) is 0 Å². The highest BCUT2D eigenvalue weighted by Crippen LogP contribution is 2.27. The summed E-state index contributed by atoms with van der Waals surface area (Å²) in [5.41, 5.74) is 1.82. The van der Waals surface area contributed by atoms with Gasteiger partial charge < -0.3 is 9.73 Å². The largest absolute Gasteiger partial charge is 0.425 e. The van der Waals surface area contributed by atoms with Gasteiger partial charge >= 0.3 is 0 Å². The van der Waals surface area contributed by atoms with Gasteiger partial charge in [-0.3, -0.25) is 4.79 Å². The second-order valence-corrected chi connectivity index (χ2v) is 7.42. The highest BCUT2D eigenvalue weighted by Gasteiger charge is 2.27. The number of nitrogens with one attached hydrogen (secondary N) is 1. The minimum absolute atomic E-state index is 0.0411. The molecule has 0 fully saturated rings. The van der Waals surface area contributed by atoms with E-state index in [1.54, 1.807) is 6.92 Å². The molecular formula is C22H25N3O2. The van der Waals surface area contributed by atoms with Crippen LogP contribution in [0.3, 0.4) is 0 Å². The molecule has 0 saturated heterocycles. The zero-order valence-corrected chi connectivity index (χ0v) is 16.0. The van der Waals surface area contributed by atoms with Crippen molar-refractivity contribution >= 4 is 5.91 Å². The molecule has 140 valence electrons. The third kappa shape index (κ3) is 5.26. The van der Waals surface area contributed by atoms with Crippen molar-refractivity contribution in [3.8, 4) is 0 Å². The van der Waals surface area contributed by atoms with Gasteiger partial charge in [0.1, 0.15) is 0 Å². The lowest BCUT2D eigenvalue weighted by Gasteiger charge is -2.27. The van der Waals surface area contributed by atoms with Crippen molar-refractivity contribution in [2.45, 2.75) is 45.1 Å². The number of benzene rings is 2. The molecule has 0 aliphatic rings. The zero-order chi connectivity index (χ0) is 19.3. The summed E-state index contributed by atoms with van der Waals surface area (Å²) in [6.45, 7) is 5.82. The van der Waals surface area contributed by atoms with Crippen molar-refractivity contribution < 1.29 is 9.21 Å². The molecule has 1 N–H and O–H groups in total. The Morgan fingerprint density at radius 1 is 1.04 bits per heavy atom. The predicted molar refractivity (Wildman–Crippen MR) is 104 cm³/mol. The number of aromatic nitrogens is 2. The summed E-state index contributed by atoms with van der Waals surface area (Å²) < 4.78 is 5.62. The Morgan fingerprint density at radius 3 is 2.26 bits per heavy atom. The van der Waals surface area contributed by atoms with Crippen LogP contribution < -0.4 is 5.32 Å². The van der Waals surface area contributed by atoms with Gasteiger partial charge in [0.2, 0.25) is 17.7 Å². The van der Waals surface area contributed by atoms with Crippen LogP contribution in [0, 0.1) is 6.92 Å². The number of rotatable bonds is 7. The van der Waals surface area contributed by atoms with Crippen molar-refractivity contribution in [2.75, 3.05) is 0 Å². The first-order valence-electron chi connectivity index (χ1n) is 9.13. The Kier molecular flexibility index (Phi) is 5.69. The van der Waals surface area contributed by atoms with Gasteiger partial charge in [0.25, 0.3) is 0 Å². The van der Waals surface area contributed by atoms with E-state index in [1.807, 2.05) is 62.4 Å². The maximum absolute atomic E-state index is 12.8. The Hall–Kier alpha value is -2.95. The second kappa shape index (κ2) is 8.16. The number of amides is 1. The highest BCUT2D eigenvalue weighted by molar-refractivity contribution is 5.78. The van der Waals surface area contributed by atoms with E-state index in [2.05, 4.69) is 27.6 Å². The van der Waals surface area contributed by atoms with Gasteiger partial charge in [-0.2, -0.15) is 0 Å². The predicted octanol–water partition coefficient (Wildman–Crippen LogP) is 4.04. The number of carbonyl (C=O) groups excluding carboxylic acids is 1. The Labute approximate surface area is 159 Å². The van der Waals surface area contributed by atoms with Crippen molar-refractivity contribution in [3.63, 3.8) is 0 Å². The summed E-state index contributed by atoms with van der Waals surface area (Å²) in [5.74, 6) is 0.658. The zero-order valence-electron chi connectivity index (χ0n) is 16.0. The van der Waals surface area contributed by atoms with Crippen LogP contribution in [-0.2, 0) is 11.2 Å². The normalized spacial score (nSPS) is 12.6. The molecule has 1 atom stereocenters. The molecule has 5 heteroatoms.